The molecule has 4 atom stereocenters. The van der Waals surface area contributed by atoms with Crippen LogP contribution < -0.4 is 0 Å². The Bertz CT molecular complexity index is 445. The fourth-order valence-corrected chi connectivity index (χ4v) is 1.35. The van der Waals surface area contributed by atoms with E-state index in [1.807, 2.05) is 0 Å². The molecular weight excluding hydrogens is 288 g/mol. The summed E-state index contributed by atoms with van der Waals surface area (Å²) in [4.78, 5) is 44.2. The second-order valence-corrected chi connectivity index (χ2v) is 3.79. The van der Waals surface area contributed by atoms with E-state index in [0.717, 1.165) is 0 Å². The van der Waals surface area contributed by atoms with Crippen LogP contribution in [0.2, 0.25) is 0 Å². The molecule has 0 aliphatic heterocycles. The maximum absolute atomic E-state index is 11.3. The van der Waals surface area contributed by atoms with E-state index >= 15 is 0 Å². The van der Waals surface area contributed by atoms with Crippen LogP contribution in [0.1, 0.15) is 24.8 Å². The normalized spacial score (nSPS) is 17.9. The molecule has 0 rings (SSSR count). The zero-order chi connectivity index (χ0) is 18.7. The summed E-state index contributed by atoms with van der Waals surface area (Å²) >= 11 is 0. The smallest absolute Gasteiger partial charge is 0.303 e. The van der Waals surface area contributed by atoms with Crippen LogP contribution in [-0.4, -0.2) is 65.4 Å². The van der Waals surface area contributed by atoms with Crippen LogP contribution in [0.25, 0.3) is 0 Å². The Morgan fingerprint density at radius 3 is 2.05 bits per heavy atom. The van der Waals surface area contributed by atoms with Gasteiger partial charge in [-0.3, -0.25) is 14.4 Å². The maximum atomic E-state index is 11.3. The quantitative estimate of drug-likeness (QED) is 0.306. The van der Waals surface area contributed by atoms with Gasteiger partial charge in [0.2, 0.25) is 0 Å². The molecule has 0 unspecified atom stereocenters. The van der Waals surface area contributed by atoms with Crippen molar-refractivity contribution in [2.75, 3.05) is 6.61 Å². The molecule has 0 bridgehead atoms. The molecule has 0 aliphatic carbocycles. The first-order valence-corrected chi connectivity index (χ1v) is 5.54. The molecule has 0 saturated heterocycles. The van der Waals surface area contributed by atoms with Gasteiger partial charge in [-0.2, -0.15) is 0 Å². The van der Waals surface area contributed by atoms with Gasteiger partial charge in [0.05, 0.1) is 0 Å². The molecule has 9 heteroatoms. The van der Waals surface area contributed by atoms with Gasteiger partial charge < -0.3 is 29.2 Å². The molecule has 0 radical (unpaired) electrons. The second-order valence-electron chi connectivity index (χ2n) is 3.79. The van der Waals surface area contributed by atoms with Crippen molar-refractivity contribution in [3.63, 3.8) is 0 Å². The zero-order valence-corrected chi connectivity index (χ0v) is 11.0. The van der Waals surface area contributed by atoms with E-state index in [1.165, 1.54) is 0 Å². The van der Waals surface area contributed by atoms with Crippen molar-refractivity contribution in [1.29, 1.82) is 0 Å². The minimum absolute atomic E-state index is 0.0496. The van der Waals surface area contributed by atoms with Gasteiger partial charge in [0, 0.05) is 24.8 Å². The van der Waals surface area contributed by atoms with Crippen molar-refractivity contribution < 1.29 is 47.7 Å². The summed E-state index contributed by atoms with van der Waals surface area (Å²) in [5.41, 5.74) is 0. The lowest BCUT2D eigenvalue weighted by Crippen LogP contribution is -2.51. The molecule has 0 aromatic rings. The number of aliphatic hydroxyl groups excluding tert-OH is 2. The van der Waals surface area contributed by atoms with Crippen LogP contribution in [-0.2, 0) is 33.4 Å². The minimum atomic E-state index is -2.01. The molecular formula is C12H18O9. The first-order chi connectivity index (χ1) is 11.3. The van der Waals surface area contributed by atoms with Crippen LogP contribution in [0, 0.1) is 0 Å². The number of hydrogen-bond acceptors (Lipinski definition) is 9. The van der Waals surface area contributed by atoms with Crippen molar-refractivity contribution in [1.82, 2.24) is 0 Å². The van der Waals surface area contributed by atoms with Gasteiger partial charge in [0.15, 0.2) is 18.5 Å². The average molecular weight is 309 g/mol. The van der Waals surface area contributed by atoms with E-state index in [4.69, 9.17) is 4.11 Å². The fraction of sp³-hybridized carbons (Fsp3) is 0.667. The monoisotopic (exact) mass is 309 g/mol. The Morgan fingerprint density at radius 2 is 1.57 bits per heavy atom. The highest BCUT2D eigenvalue weighted by Crippen LogP contribution is 2.14. The largest absolute Gasteiger partial charge is 0.463 e. The average Bonchev–Trinajstić information content (AvgIpc) is 2.60. The number of carbonyl (C=O) groups is 4. The highest BCUT2D eigenvalue weighted by molar-refractivity contribution is 5.68. The molecule has 0 saturated carbocycles. The van der Waals surface area contributed by atoms with Gasteiger partial charge in [0.1, 0.15) is 18.8 Å². The van der Waals surface area contributed by atoms with E-state index in [9.17, 15) is 29.4 Å². The molecule has 21 heavy (non-hydrogen) atoms. The van der Waals surface area contributed by atoms with Crippen molar-refractivity contribution in [2.45, 2.75) is 45.1 Å². The summed E-state index contributed by atoms with van der Waals surface area (Å²) in [6, 6.07) is 0. The number of carbonyl (C=O) groups excluding carboxylic acids is 4. The number of rotatable bonds is 8. The van der Waals surface area contributed by atoms with Gasteiger partial charge in [-0.1, -0.05) is 0 Å². The number of aliphatic hydroxyl groups is 2. The Balaban J connectivity index is 5.33. The van der Waals surface area contributed by atoms with E-state index in [-0.39, 0.29) is 6.29 Å². The lowest BCUT2D eigenvalue weighted by atomic mass is 10.0. The predicted molar refractivity (Wildman–Crippen MR) is 65.8 cm³/mol. The standard InChI is InChI=1S/C12H18O9/c1-6(14)19-5-10(18)12(21-8(3)16)11(9(17)4-13)20-7(2)15/h4,9-12,17-18H,5H2,1-3H3/t9-,10+,11+,12+/m0/s1/i1D,2D,3D. The van der Waals surface area contributed by atoms with Crippen molar-refractivity contribution in [3.8, 4) is 0 Å². The zero-order valence-electron chi connectivity index (χ0n) is 14.0. The maximum Gasteiger partial charge on any atom is 0.303 e. The lowest BCUT2D eigenvalue weighted by molar-refractivity contribution is -0.189. The highest BCUT2D eigenvalue weighted by Gasteiger charge is 2.39. The van der Waals surface area contributed by atoms with Gasteiger partial charge in [-0.05, 0) is 0 Å². The first kappa shape index (κ1) is 14.0. The topological polar surface area (TPSA) is 136 Å². The van der Waals surface area contributed by atoms with Crippen LogP contribution in [0.15, 0.2) is 0 Å². The summed E-state index contributed by atoms with van der Waals surface area (Å²) in [6.07, 6.45) is -7.59. The van der Waals surface area contributed by atoms with E-state index < -0.39 is 69.6 Å². The fourth-order valence-electron chi connectivity index (χ4n) is 1.35. The molecule has 0 aliphatic rings. The Kier molecular flexibility index (Phi) is 6.00. The van der Waals surface area contributed by atoms with E-state index in [2.05, 4.69) is 14.2 Å². The molecule has 2 N–H and O–H groups in total. The van der Waals surface area contributed by atoms with Crippen LogP contribution in [0.4, 0.5) is 0 Å². The molecule has 120 valence electrons. The second kappa shape index (κ2) is 9.03. The van der Waals surface area contributed by atoms with Crippen LogP contribution in [0.3, 0.4) is 0 Å². The number of hydrogen-bond donors (Lipinski definition) is 2. The number of aldehydes is 1. The van der Waals surface area contributed by atoms with Crippen LogP contribution >= 0.6 is 0 Å². The Labute approximate surface area is 125 Å². The van der Waals surface area contributed by atoms with E-state index in [1.54, 1.807) is 0 Å². The molecule has 0 aromatic heterocycles. The molecule has 0 aromatic carbocycles. The third-order valence-corrected chi connectivity index (χ3v) is 2.13. The first-order valence-electron chi connectivity index (χ1n) is 7.66. The summed E-state index contributed by atoms with van der Waals surface area (Å²) in [5, 5.41) is 19.6. The predicted octanol–water partition coefficient (Wildman–Crippen LogP) is -1.67. The summed E-state index contributed by atoms with van der Waals surface area (Å²) in [5.74, 6) is -3.35. The van der Waals surface area contributed by atoms with Crippen molar-refractivity contribution in [2.24, 2.45) is 0 Å². The minimum Gasteiger partial charge on any atom is -0.463 e. The number of esters is 3. The lowest BCUT2D eigenvalue weighted by Gasteiger charge is -2.30. The highest BCUT2D eigenvalue weighted by atomic mass is 16.6. The summed E-state index contributed by atoms with van der Waals surface area (Å²) < 4.78 is 34.3. The van der Waals surface area contributed by atoms with Gasteiger partial charge in [-0.25, -0.2) is 0 Å². The Hall–Kier alpha value is -2.00. The van der Waals surface area contributed by atoms with Crippen molar-refractivity contribution >= 4 is 24.2 Å². The summed E-state index contributed by atoms with van der Waals surface area (Å²) in [7, 11) is 0. The van der Waals surface area contributed by atoms with Crippen molar-refractivity contribution in [3.05, 3.63) is 0 Å². The number of ether oxygens (including phenoxy) is 3. The SMILES string of the molecule is [2H]CC(=O)OC[C@@H](O)[C@@H](OC(=O)C[2H])[C@H](OC(=O)C[2H])[C@@H](O)C=O. The van der Waals surface area contributed by atoms with Crippen LogP contribution in [0.5, 0.6) is 0 Å². The molecule has 0 spiro atoms. The van der Waals surface area contributed by atoms with Gasteiger partial charge in [-0.15, -0.1) is 0 Å². The third kappa shape index (κ3) is 7.37. The summed E-state index contributed by atoms with van der Waals surface area (Å²) in [6.45, 7) is -3.26. The van der Waals surface area contributed by atoms with Gasteiger partial charge in [0.25, 0.3) is 0 Å². The third-order valence-electron chi connectivity index (χ3n) is 2.13. The van der Waals surface area contributed by atoms with E-state index in [0.29, 0.717) is 0 Å². The molecule has 0 heterocycles. The molecule has 9 nitrogen and oxygen atoms in total. The molecule has 0 amide bonds. The molecule has 0 fully saturated rings. The van der Waals surface area contributed by atoms with Gasteiger partial charge >= 0.3 is 17.9 Å². The Morgan fingerprint density at radius 1 is 1.05 bits per heavy atom.